The van der Waals surface area contributed by atoms with Crippen molar-refractivity contribution >= 4 is 48.0 Å². The van der Waals surface area contributed by atoms with Gasteiger partial charge >= 0.3 is 0 Å². The molecule has 0 aromatic heterocycles. The number of carbonyl (C=O) groups excluding carboxylic acids is 2. The minimum Gasteiger partial charge on any atom is -0.378 e. The van der Waals surface area contributed by atoms with E-state index in [-0.39, 0.29) is 42.7 Å². The van der Waals surface area contributed by atoms with Gasteiger partial charge in [0.25, 0.3) is 0 Å². The molecule has 0 radical (unpaired) electrons. The molecule has 0 saturated carbocycles. The molecule has 3 N–H and O–H groups in total. The average Bonchev–Trinajstić information content (AvgIpc) is 2.66. The predicted octanol–water partition coefficient (Wildman–Crippen LogP) is 2.19. The molecule has 1 unspecified atom stereocenters. The Morgan fingerprint density at radius 1 is 1.18 bits per heavy atom. The normalized spacial score (nSPS) is 19.7. The van der Waals surface area contributed by atoms with E-state index in [9.17, 15) is 9.59 Å². The van der Waals surface area contributed by atoms with Crippen LogP contribution in [0.25, 0.3) is 0 Å². The van der Waals surface area contributed by atoms with E-state index < -0.39 is 0 Å². The number of amides is 2. The topological polar surface area (TPSA) is 82.7 Å². The third-order valence-corrected chi connectivity index (χ3v) is 4.83. The maximum absolute atomic E-state index is 12.3. The molecule has 1 atom stereocenters. The molecule has 3 rings (SSSR count). The number of hydrogen-bond donors (Lipinski definition) is 3. The van der Waals surface area contributed by atoms with Gasteiger partial charge < -0.3 is 20.7 Å². The highest BCUT2D eigenvalue weighted by Crippen LogP contribution is 2.21. The quantitative estimate of drug-likeness (QED) is 0.663. The lowest BCUT2D eigenvalue weighted by molar-refractivity contribution is -0.121. The Kier molecular flexibility index (Phi) is 10.8. The van der Waals surface area contributed by atoms with Crippen molar-refractivity contribution < 1.29 is 14.3 Å². The van der Waals surface area contributed by atoms with Gasteiger partial charge in [-0.05, 0) is 50.6 Å². The minimum absolute atomic E-state index is 0. The van der Waals surface area contributed by atoms with Crippen molar-refractivity contribution in [2.45, 2.75) is 32.2 Å². The fourth-order valence-corrected chi connectivity index (χ4v) is 3.31. The van der Waals surface area contributed by atoms with Gasteiger partial charge in [-0.3, -0.25) is 14.5 Å². The van der Waals surface area contributed by atoms with E-state index in [4.69, 9.17) is 4.74 Å². The Hall–Kier alpha value is -1.38. The molecule has 2 aliphatic rings. The number of anilines is 2. The van der Waals surface area contributed by atoms with Crippen LogP contribution in [0.1, 0.15) is 24.8 Å². The largest absolute Gasteiger partial charge is 0.378 e. The van der Waals surface area contributed by atoms with Crippen LogP contribution in [0.3, 0.4) is 0 Å². The molecule has 2 heterocycles. The Balaban J connectivity index is 0.00000196. The molecule has 0 spiro atoms. The highest BCUT2D eigenvalue weighted by atomic mass is 35.5. The number of nitrogens with one attached hydrogen (secondary N) is 3. The maximum atomic E-state index is 12.3. The molecule has 28 heavy (non-hydrogen) atoms. The van der Waals surface area contributed by atoms with Gasteiger partial charge in [0.1, 0.15) is 6.04 Å². The average molecular weight is 433 g/mol. The number of ether oxygens (including phenoxy) is 1. The smallest absolute Gasteiger partial charge is 0.243 e. The molecule has 2 saturated heterocycles. The van der Waals surface area contributed by atoms with Crippen LogP contribution in [0.4, 0.5) is 11.4 Å². The highest BCUT2D eigenvalue weighted by Gasteiger charge is 2.21. The molecule has 1 aromatic carbocycles. The van der Waals surface area contributed by atoms with E-state index in [0.29, 0.717) is 32.0 Å². The summed E-state index contributed by atoms with van der Waals surface area (Å²) in [4.78, 5) is 26.8. The molecule has 2 amide bonds. The van der Waals surface area contributed by atoms with Gasteiger partial charge in [0, 0.05) is 17.9 Å². The van der Waals surface area contributed by atoms with E-state index in [1.807, 2.05) is 25.1 Å². The lowest BCUT2D eigenvalue weighted by atomic mass is 10.1. The van der Waals surface area contributed by atoms with Crippen molar-refractivity contribution in [3.63, 3.8) is 0 Å². The molecule has 7 nitrogen and oxygen atoms in total. The lowest BCUT2D eigenvalue weighted by Gasteiger charge is -2.25. The second-order valence-electron chi connectivity index (χ2n) is 6.99. The molecule has 2 aliphatic heterocycles. The predicted molar refractivity (Wildman–Crippen MR) is 116 cm³/mol. The third kappa shape index (κ3) is 7.22. The Morgan fingerprint density at radius 3 is 2.61 bits per heavy atom. The number of likely N-dealkylation sites (tertiary alicyclic amines) is 1. The van der Waals surface area contributed by atoms with Gasteiger partial charge in [0.05, 0.1) is 19.8 Å². The fourth-order valence-electron chi connectivity index (χ4n) is 3.31. The van der Waals surface area contributed by atoms with Crippen LogP contribution in [0.2, 0.25) is 0 Å². The Bertz CT molecular complexity index is 648. The van der Waals surface area contributed by atoms with Gasteiger partial charge in [-0.25, -0.2) is 0 Å². The number of rotatable bonds is 5. The van der Waals surface area contributed by atoms with E-state index >= 15 is 0 Å². The van der Waals surface area contributed by atoms with Crippen molar-refractivity contribution in [1.82, 2.24) is 10.2 Å². The zero-order chi connectivity index (χ0) is 18.4. The first-order valence-electron chi connectivity index (χ1n) is 9.37. The highest BCUT2D eigenvalue weighted by molar-refractivity contribution is 5.97. The van der Waals surface area contributed by atoms with Crippen LogP contribution >= 0.6 is 24.8 Å². The number of morpholine rings is 1. The molecular weight excluding hydrogens is 403 g/mol. The summed E-state index contributed by atoms with van der Waals surface area (Å²) in [6.45, 7) is 6.00. The van der Waals surface area contributed by atoms with Gasteiger partial charge in [0.15, 0.2) is 0 Å². The van der Waals surface area contributed by atoms with E-state index in [2.05, 4.69) is 20.9 Å². The molecule has 0 bridgehead atoms. The summed E-state index contributed by atoms with van der Waals surface area (Å²) in [5.74, 6) is -0.139. The van der Waals surface area contributed by atoms with Gasteiger partial charge in [-0.15, -0.1) is 24.8 Å². The van der Waals surface area contributed by atoms with Crippen molar-refractivity contribution in [1.29, 1.82) is 0 Å². The summed E-state index contributed by atoms with van der Waals surface area (Å²) >= 11 is 0. The second-order valence-corrected chi connectivity index (χ2v) is 6.99. The monoisotopic (exact) mass is 432 g/mol. The van der Waals surface area contributed by atoms with Gasteiger partial charge in [0.2, 0.25) is 11.8 Å². The molecule has 1 aromatic rings. The Morgan fingerprint density at radius 2 is 1.93 bits per heavy atom. The molecular formula is C19H30Cl2N4O3. The molecule has 0 aliphatic carbocycles. The van der Waals surface area contributed by atoms with E-state index in [0.717, 1.165) is 37.2 Å². The summed E-state index contributed by atoms with van der Waals surface area (Å²) in [6, 6.07) is 5.21. The first-order valence-corrected chi connectivity index (χ1v) is 9.37. The maximum Gasteiger partial charge on any atom is 0.243 e. The Labute approximate surface area is 178 Å². The van der Waals surface area contributed by atoms with E-state index in [1.165, 1.54) is 6.42 Å². The molecule has 2 fully saturated rings. The summed E-state index contributed by atoms with van der Waals surface area (Å²) in [5, 5.41) is 9.00. The van der Waals surface area contributed by atoms with Crippen molar-refractivity contribution in [3.05, 3.63) is 23.8 Å². The summed E-state index contributed by atoms with van der Waals surface area (Å²) in [5.41, 5.74) is 2.37. The van der Waals surface area contributed by atoms with Crippen LogP contribution in [0.5, 0.6) is 0 Å². The number of piperidine rings is 1. The van der Waals surface area contributed by atoms with Crippen LogP contribution in [0, 0.1) is 6.92 Å². The van der Waals surface area contributed by atoms with Crippen molar-refractivity contribution in [3.8, 4) is 0 Å². The summed E-state index contributed by atoms with van der Waals surface area (Å²) in [7, 11) is 0. The van der Waals surface area contributed by atoms with E-state index in [1.54, 1.807) is 0 Å². The summed E-state index contributed by atoms with van der Waals surface area (Å²) in [6.07, 6.45) is 3.57. The zero-order valence-corrected chi connectivity index (χ0v) is 17.8. The fraction of sp³-hybridized carbons (Fsp3) is 0.579. The minimum atomic E-state index is -0.345. The van der Waals surface area contributed by atoms with Crippen molar-refractivity contribution in [2.75, 3.05) is 50.0 Å². The number of benzene rings is 1. The zero-order valence-electron chi connectivity index (χ0n) is 16.2. The third-order valence-electron chi connectivity index (χ3n) is 4.83. The van der Waals surface area contributed by atoms with Crippen LogP contribution in [-0.4, -0.2) is 62.1 Å². The van der Waals surface area contributed by atoms with Crippen molar-refractivity contribution in [2.24, 2.45) is 0 Å². The number of aryl methyl sites for hydroxylation is 1. The second kappa shape index (κ2) is 12.2. The number of nitrogens with zero attached hydrogens (tertiary/aromatic N) is 1. The molecule has 9 heteroatoms. The number of carbonyl (C=O) groups is 2. The standard InChI is InChI=1S/C19H28N4O3.2ClH/c1-14-5-6-15(21-19(25)17-13-26-10-7-20-17)11-16(14)22-18(24)12-23-8-3-2-4-9-23;;/h5-6,11,17,20H,2-4,7-10,12-13H2,1H3,(H,21,25)(H,22,24);2*1H. The SMILES string of the molecule is Cc1ccc(NC(=O)C2COCCN2)cc1NC(=O)CN1CCCCC1.Cl.Cl. The van der Waals surface area contributed by atoms with Gasteiger partial charge in [-0.2, -0.15) is 0 Å². The van der Waals surface area contributed by atoms with Crippen LogP contribution < -0.4 is 16.0 Å². The molecule has 158 valence electrons. The number of hydrogen-bond acceptors (Lipinski definition) is 5. The van der Waals surface area contributed by atoms with Gasteiger partial charge in [-0.1, -0.05) is 12.5 Å². The number of halogens is 2. The van der Waals surface area contributed by atoms with Crippen LogP contribution in [-0.2, 0) is 14.3 Å². The first kappa shape index (κ1) is 24.7. The lowest BCUT2D eigenvalue weighted by Crippen LogP contribution is -2.48. The first-order chi connectivity index (χ1) is 12.6. The van der Waals surface area contributed by atoms with Crippen LogP contribution in [0.15, 0.2) is 18.2 Å². The summed E-state index contributed by atoms with van der Waals surface area (Å²) < 4.78 is 5.32.